The molecule has 80 heavy (non-hydrogen) atoms. The SMILES string of the molecule is [2H]c1c([2H])c([2H])c(-c2nc(-n3c4ccccc4c4c5ccccc5c5c6ccccc6sc5c43)nc3ccccc23)c([2H])c1[2H].c1ccc(-c2nc(-n3c4ccccc4c4c5ccccc5c5c6ccccc6sc5c43)nc3ccccc23)cc1. The number of para-hydroxylation sites is 4. The molecule has 0 aliphatic rings. The molecule has 372 valence electrons. The van der Waals surface area contributed by atoms with Crippen LogP contribution in [-0.4, -0.2) is 29.1 Å². The van der Waals surface area contributed by atoms with Crippen LogP contribution in [0, 0.1) is 0 Å². The highest BCUT2D eigenvalue weighted by Crippen LogP contribution is 2.50. The molecule has 0 amide bonds. The molecule has 0 atom stereocenters. The first kappa shape index (κ1) is 40.1. The summed E-state index contributed by atoms with van der Waals surface area (Å²) in [6, 6.07) is 75.8. The summed E-state index contributed by atoms with van der Waals surface area (Å²) in [5, 5.41) is 16.1. The van der Waals surface area contributed by atoms with Gasteiger partial charge >= 0.3 is 0 Å². The Morgan fingerprint density at radius 3 is 1.14 bits per heavy atom. The van der Waals surface area contributed by atoms with Gasteiger partial charge in [0.1, 0.15) is 0 Å². The van der Waals surface area contributed by atoms with Crippen LogP contribution >= 0.6 is 22.7 Å². The Morgan fingerprint density at radius 2 is 0.662 bits per heavy atom. The molecule has 0 aliphatic heterocycles. The highest BCUT2D eigenvalue weighted by Gasteiger charge is 2.26. The first-order chi connectivity index (χ1) is 41.8. The van der Waals surface area contributed by atoms with Crippen molar-refractivity contribution in [2.45, 2.75) is 0 Å². The predicted molar refractivity (Wildman–Crippen MR) is 339 cm³/mol. The lowest BCUT2D eigenvalue weighted by Crippen LogP contribution is -2.03. The van der Waals surface area contributed by atoms with Crippen molar-refractivity contribution in [1.82, 2.24) is 29.1 Å². The van der Waals surface area contributed by atoms with Crippen molar-refractivity contribution in [2.75, 3.05) is 0 Å². The number of benzene rings is 12. The second-order valence-corrected chi connectivity index (χ2v) is 22.1. The average Bonchev–Trinajstić information content (AvgIpc) is 1.62. The maximum atomic E-state index is 8.78. The summed E-state index contributed by atoms with van der Waals surface area (Å²) in [6.45, 7) is 0. The fourth-order valence-electron chi connectivity index (χ4n) is 12.4. The first-order valence-electron chi connectivity index (χ1n) is 29.0. The van der Waals surface area contributed by atoms with E-state index in [1.807, 2.05) is 53.8 Å². The Balaban J connectivity index is 0.000000134. The van der Waals surface area contributed by atoms with Crippen LogP contribution in [0.5, 0.6) is 0 Å². The molecule has 0 N–H and O–H groups in total. The largest absolute Gasteiger partial charge is 0.276 e. The minimum atomic E-state index is -0.436. The summed E-state index contributed by atoms with van der Waals surface area (Å²) < 4.78 is 51.7. The zero-order chi connectivity index (χ0) is 56.8. The summed E-state index contributed by atoms with van der Waals surface area (Å²) >= 11 is 3.60. The lowest BCUT2D eigenvalue weighted by atomic mass is 9.99. The summed E-state index contributed by atoms with van der Waals surface area (Å²) in [6.07, 6.45) is 0. The second kappa shape index (κ2) is 17.7. The Labute approximate surface area is 472 Å². The minimum Gasteiger partial charge on any atom is -0.276 e. The molecule has 0 bridgehead atoms. The van der Waals surface area contributed by atoms with E-state index in [-0.39, 0.29) is 17.6 Å². The lowest BCUT2D eigenvalue weighted by molar-refractivity contribution is 1.02. The van der Waals surface area contributed by atoms with Gasteiger partial charge in [-0.15, -0.1) is 22.7 Å². The Bertz CT molecular complexity index is 5860. The van der Waals surface area contributed by atoms with E-state index in [2.05, 4.69) is 191 Å². The van der Waals surface area contributed by atoms with Crippen molar-refractivity contribution >= 4 is 150 Å². The highest BCUT2D eigenvalue weighted by molar-refractivity contribution is 7.27. The topological polar surface area (TPSA) is 61.4 Å². The van der Waals surface area contributed by atoms with Crippen LogP contribution in [0.4, 0.5) is 0 Å². The minimum absolute atomic E-state index is 0.0547. The zero-order valence-electron chi connectivity index (χ0n) is 47.4. The van der Waals surface area contributed by atoms with Gasteiger partial charge in [-0.25, -0.2) is 19.9 Å². The van der Waals surface area contributed by atoms with Crippen LogP contribution < -0.4 is 0 Å². The summed E-state index contributed by atoms with van der Waals surface area (Å²) in [5.41, 5.74) is 8.12. The van der Waals surface area contributed by atoms with E-state index < -0.39 is 18.1 Å². The van der Waals surface area contributed by atoms with Gasteiger partial charge in [0, 0.05) is 74.4 Å². The van der Waals surface area contributed by atoms with E-state index in [9.17, 15) is 0 Å². The van der Waals surface area contributed by atoms with Gasteiger partial charge in [-0.05, 0) is 57.9 Å². The van der Waals surface area contributed by atoms with E-state index in [0.717, 1.165) is 59.6 Å². The highest BCUT2D eigenvalue weighted by atomic mass is 32.1. The number of hydrogen-bond donors (Lipinski definition) is 0. The van der Waals surface area contributed by atoms with Crippen molar-refractivity contribution in [1.29, 1.82) is 0 Å². The lowest BCUT2D eigenvalue weighted by Gasteiger charge is -2.12. The molecule has 0 spiro atoms. The number of hydrogen-bond acceptors (Lipinski definition) is 6. The molecular weight excluding hydrogens is 1010 g/mol. The maximum absolute atomic E-state index is 8.78. The molecule has 0 unspecified atom stereocenters. The van der Waals surface area contributed by atoms with Crippen molar-refractivity contribution < 1.29 is 6.85 Å². The van der Waals surface area contributed by atoms with Crippen molar-refractivity contribution in [2.24, 2.45) is 0 Å². The standard InChI is InChI=1S/2C36H21N3S/c2*1-2-12-22(13-3-1)33-25-16-6-9-19-28(25)37-36(38-33)39-29-20-10-7-17-26(29)31-23-14-4-5-15-24(23)32-27-18-8-11-21-30(27)40-35(32)34(31)39/h2*1-21H/i1D,2D,3D,12D,13D;. The molecular formula is C72H42N6S2. The molecule has 8 heteroatoms. The first-order valence-corrected chi connectivity index (χ1v) is 28.1. The molecule has 0 radical (unpaired) electrons. The molecule has 0 fully saturated rings. The molecule has 6 aromatic heterocycles. The quantitative estimate of drug-likeness (QED) is 0.176. The van der Waals surface area contributed by atoms with E-state index in [0.29, 0.717) is 28.5 Å². The van der Waals surface area contributed by atoms with Crippen molar-refractivity contribution in [3.05, 3.63) is 255 Å². The molecule has 0 saturated heterocycles. The third kappa shape index (κ3) is 6.64. The molecule has 0 saturated carbocycles. The van der Waals surface area contributed by atoms with Crippen molar-refractivity contribution in [3.63, 3.8) is 0 Å². The van der Waals surface area contributed by atoms with Crippen LogP contribution in [-0.2, 0) is 0 Å². The van der Waals surface area contributed by atoms with Gasteiger partial charge in [0.15, 0.2) is 0 Å². The Morgan fingerprint density at radius 1 is 0.300 bits per heavy atom. The van der Waals surface area contributed by atoms with Gasteiger partial charge in [0.25, 0.3) is 0 Å². The number of aromatic nitrogens is 6. The number of nitrogens with zero attached hydrogens (tertiary/aromatic N) is 6. The van der Waals surface area contributed by atoms with Crippen LogP contribution in [0.25, 0.3) is 162 Å². The normalized spacial score (nSPS) is 12.9. The third-order valence-corrected chi connectivity index (χ3v) is 18.0. The molecule has 18 rings (SSSR count). The molecule has 0 aliphatic carbocycles. The smallest absolute Gasteiger partial charge is 0.235 e. The Kier molecular flexibility index (Phi) is 8.89. The van der Waals surface area contributed by atoms with Crippen LogP contribution in [0.15, 0.2) is 255 Å². The Hall–Kier alpha value is -10.1. The average molecular weight is 1060 g/mol. The number of rotatable bonds is 4. The number of thiophene rings is 2. The van der Waals surface area contributed by atoms with Crippen LogP contribution in [0.2, 0.25) is 0 Å². The van der Waals surface area contributed by atoms with Gasteiger partial charge in [-0.3, -0.25) is 9.13 Å². The van der Waals surface area contributed by atoms with Gasteiger partial charge < -0.3 is 0 Å². The van der Waals surface area contributed by atoms with E-state index in [1.165, 1.54) is 68.1 Å². The molecule has 6 nitrogen and oxygen atoms in total. The fourth-order valence-corrected chi connectivity index (χ4v) is 14.9. The monoisotopic (exact) mass is 1060 g/mol. The summed E-state index contributed by atoms with van der Waals surface area (Å²) in [4.78, 5) is 20.7. The third-order valence-electron chi connectivity index (χ3n) is 15.7. The van der Waals surface area contributed by atoms with E-state index in [4.69, 9.17) is 26.8 Å². The molecule has 18 aromatic rings. The maximum Gasteiger partial charge on any atom is 0.235 e. The summed E-state index contributed by atoms with van der Waals surface area (Å²) in [5.74, 6) is 1.06. The van der Waals surface area contributed by atoms with Gasteiger partial charge in [-0.1, -0.05) is 218 Å². The van der Waals surface area contributed by atoms with Gasteiger partial charge in [-0.2, -0.15) is 0 Å². The van der Waals surface area contributed by atoms with Crippen molar-refractivity contribution in [3.8, 4) is 34.4 Å². The van der Waals surface area contributed by atoms with Crippen LogP contribution in [0.1, 0.15) is 6.85 Å². The van der Waals surface area contributed by atoms with Crippen LogP contribution in [0.3, 0.4) is 0 Å². The molecule has 6 heterocycles. The van der Waals surface area contributed by atoms with Gasteiger partial charge in [0.05, 0.1) is 60.7 Å². The fraction of sp³-hybridized carbons (Fsp3) is 0. The summed E-state index contributed by atoms with van der Waals surface area (Å²) in [7, 11) is 0. The van der Waals surface area contributed by atoms with E-state index >= 15 is 0 Å². The molecule has 12 aromatic carbocycles. The number of fused-ring (bicyclic) bond motifs is 22. The zero-order valence-corrected chi connectivity index (χ0v) is 44.0. The predicted octanol–water partition coefficient (Wildman–Crippen LogP) is 19.8. The second-order valence-electron chi connectivity index (χ2n) is 20.0. The van der Waals surface area contributed by atoms with E-state index in [1.54, 1.807) is 11.3 Å². The van der Waals surface area contributed by atoms with Gasteiger partial charge in [0.2, 0.25) is 11.9 Å².